The summed E-state index contributed by atoms with van der Waals surface area (Å²) in [6.45, 7) is 7.07. The van der Waals surface area contributed by atoms with E-state index in [1.807, 2.05) is 13.0 Å². The van der Waals surface area contributed by atoms with Gasteiger partial charge < -0.3 is 15.5 Å². The van der Waals surface area contributed by atoms with E-state index in [1.54, 1.807) is 6.07 Å². The average Bonchev–Trinajstić information content (AvgIpc) is 2.72. The number of unbranched alkanes of at least 4 members (excludes halogenated alkanes) is 9. The molecule has 3 N–H and O–H groups in total. The number of carbonyl (C=O) groups excluding carboxylic acids is 1. The van der Waals surface area contributed by atoms with Crippen molar-refractivity contribution < 1.29 is 15.0 Å². The number of amides is 1. The van der Waals surface area contributed by atoms with Crippen LogP contribution in [0.1, 0.15) is 109 Å². The zero-order valence-electron chi connectivity index (χ0n) is 18.9. The number of hydrogen-bond donors (Lipinski definition) is 3. The molecule has 4 heteroatoms. The SMILES string of the molecule is CCCCCCCCCCCCNC(=O)C(C)CC(CC)c1ccc(O)c(O)c1. The van der Waals surface area contributed by atoms with E-state index in [0.717, 1.165) is 31.4 Å². The average molecular weight is 406 g/mol. The molecule has 0 fully saturated rings. The second kappa shape index (κ2) is 15.2. The van der Waals surface area contributed by atoms with Crippen molar-refractivity contribution >= 4 is 5.91 Å². The summed E-state index contributed by atoms with van der Waals surface area (Å²) in [5, 5.41) is 22.3. The maximum atomic E-state index is 12.4. The van der Waals surface area contributed by atoms with Gasteiger partial charge in [-0.15, -0.1) is 0 Å². The number of nitrogens with one attached hydrogen (secondary N) is 1. The molecule has 0 heterocycles. The molecule has 4 nitrogen and oxygen atoms in total. The summed E-state index contributed by atoms with van der Waals surface area (Å²) in [6.07, 6.45) is 14.6. The van der Waals surface area contributed by atoms with Crippen LogP contribution in [0.15, 0.2) is 18.2 Å². The standard InChI is InChI=1S/C25H43NO3/c1-4-6-7-8-9-10-11-12-13-14-17-26-25(29)20(3)18-21(5-2)22-15-16-23(27)24(28)19-22/h15-16,19-21,27-28H,4-14,17-18H2,1-3H3,(H,26,29). The number of aromatic hydroxyl groups is 2. The molecule has 1 rings (SSSR count). The summed E-state index contributed by atoms with van der Waals surface area (Å²) in [6, 6.07) is 4.96. The Morgan fingerprint density at radius 1 is 0.897 bits per heavy atom. The first-order chi connectivity index (χ1) is 14.0. The highest BCUT2D eigenvalue weighted by molar-refractivity contribution is 5.78. The molecule has 0 aromatic heterocycles. The van der Waals surface area contributed by atoms with E-state index in [4.69, 9.17) is 0 Å². The first kappa shape index (κ1) is 25.3. The molecule has 0 saturated carbocycles. The molecule has 0 saturated heterocycles. The van der Waals surface area contributed by atoms with Crippen LogP contribution in [0.5, 0.6) is 11.5 Å². The van der Waals surface area contributed by atoms with Gasteiger partial charge in [0.25, 0.3) is 0 Å². The second-order valence-electron chi connectivity index (χ2n) is 8.46. The lowest BCUT2D eigenvalue weighted by Gasteiger charge is -2.20. The van der Waals surface area contributed by atoms with Crippen LogP contribution in [-0.4, -0.2) is 22.7 Å². The van der Waals surface area contributed by atoms with Crippen LogP contribution in [0.3, 0.4) is 0 Å². The van der Waals surface area contributed by atoms with Crippen molar-refractivity contribution in [3.8, 4) is 11.5 Å². The summed E-state index contributed by atoms with van der Waals surface area (Å²) in [5.41, 5.74) is 0.970. The summed E-state index contributed by atoms with van der Waals surface area (Å²) in [4.78, 5) is 12.4. The summed E-state index contributed by atoms with van der Waals surface area (Å²) < 4.78 is 0. The molecule has 29 heavy (non-hydrogen) atoms. The second-order valence-corrected chi connectivity index (χ2v) is 8.46. The zero-order valence-corrected chi connectivity index (χ0v) is 18.9. The molecule has 0 radical (unpaired) electrons. The van der Waals surface area contributed by atoms with Gasteiger partial charge in [-0.3, -0.25) is 4.79 Å². The smallest absolute Gasteiger partial charge is 0.222 e. The van der Waals surface area contributed by atoms with E-state index in [0.29, 0.717) is 0 Å². The molecule has 0 aliphatic rings. The monoisotopic (exact) mass is 405 g/mol. The van der Waals surface area contributed by atoms with Crippen molar-refractivity contribution in [2.75, 3.05) is 6.54 Å². The minimum absolute atomic E-state index is 0.0704. The third kappa shape index (κ3) is 10.6. The number of phenols is 2. The van der Waals surface area contributed by atoms with Gasteiger partial charge in [-0.1, -0.05) is 84.6 Å². The number of hydrogen-bond acceptors (Lipinski definition) is 3. The number of phenolic OH excluding ortho intramolecular Hbond substituents is 2. The number of benzene rings is 1. The molecule has 0 spiro atoms. The largest absolute Gasteiger partial charge is 0.504 e. The Labute approximate surface area is 178 Å². The highest BCUT2D eigenvalue weighted by Gasteiger charge is 2.19. The van der Waals surface area contributed by atoms with Crippen molar-refractivity contribution in [1.82, 2.24) is 5.32 Å². The minimum atomic E-state index is -0.106. The van der Waals surface area contributed by atoms with E-state index in [2.05, 4.69) is 19.2 Å². The Kier molecular flexibility index (Phi) is 13.3. The molecule has 2 unspecified atom stereocenters. The van der Waals surface area contributed by atoms with Crippen LogP contribution in [-0.2, 0) is 4.79 Å². The van der Waals surface area contributed by atoms with E-state index >= 15 is 0 Å². The lowest BCUT2D eigenvalue weighted by molar-refractivity contribution is -0.124. The number of rotatable bonds is 16. The summed E-state index contributed by atoms with van der Waals surface area (Å²) in [7, 11) is 0. The molecular formula is C25H43NO3. The van der Waals surface area contributed by atoms with Gasteiger partial charge in [-0.05, 0) is 42.9 Å². The van der Waals surface area contributed by atoms with E-state index in [-0.39, 0.29) is 29.2 Å². The summed E-state index contributed by atoms with van der Waals surface area (Å²) in [5.74, 6) is 0.0332. The topological polar surface area (TPSA) is 69.6 Å². The van der Waals surface area contributed by atoms with Crippen LogP contribution in [0, 0.1) is 5.92 Å². The van der Waals surface area contributed by atoms with E-state index in [1.165, 1.54) is 63.9 Å². The van der Waals surface area contributed by atoms with Crippen LogP contribution in [0.25, 0.3) is 0 Å². The maximum Gasteiger partial charge on any atom is 0.222 e. The fourth-order valence-electron chi connectivity index (χ4n) is 3.86. The van der Waals surface area contributed by atoms with Gasteiger partial charge in [0.05, 0.1) is 0 Å². The van der Waals surface area contributed by atoms with E-state index < -0.39 is 0 Å². The molecule has 0 aliphatic carbocycles. The first-order valence-electron chi connectivity index (χ1n) is 11.8. The molecule has 1 aromatic rings. The summed E-state index contributed by atoms with van der Waals surface area (Å²) >= 11 is 0. The van der Waals surface area contributed by atoms with Gasteiger partial charge in [0.15, 0.2) is 11.5 Å². The third-order valence-electron chi connectivity index (χ3n) is 5.88. The van der Waals surface area contributed by atoms with Gasteiger partial charge in [-0.2, -0.15) is 0 Å². The molecule has 0 bridgehead atoms. The fraction of sp³-hybridized carbons (Fsp3) is 0.720. The maximum absolute atomic E-state index is 12.4. The van der Waals surface area contributed by atoms with Gasteiger partial charge in [0.2, 0.25) is 5.91 Å². The molecule has 0 aliphatic heterocycles. The van der Waals surface area contributed by atoms with Gasteiger partial charge in [-0.25, -0.2) is 0 Å². The number of carbonyl (C=O) groups is 1. The Hall–Kier alpha value is -1.71. The quantitative estimate of drug-likeness (QED) is 0.213. The molecule has 2 atom stereocenters. The molecule has 166 valence electrons. The highest BCUT2D eigenvalue weighted by atomic mass is 16.3. The lowest BCUT2D eigenvalue weighted by atomic mass is 9.87. The van der Waals surface area contributed by atoms with E-state index in [9.17, 15) is 15.0 Å². The predicted octanol–water partition coefficient (Wildman–Crippen LogP) is 6.65. The normalized spacial score (nSPS) is 13.2. The Balaban J connectivity index is 2.18. The first-order valence-corrected chi connectivity index (χ1v) is 11.8. The Morgan fingerprint density at radius 3 is 2.03 bits per heavy atom. The molecule has 1 amide bonds. The Morgan fingerprint density at radius 2 is 1.48 bits per heavy atom. The third-order valence-corrected chi connectivity index (χ3v) is 5.88. The van der Waals surface area contributed by atoms with Crippen molar-refractivity contribution in [3.05, 3.63) is 23.8 Å². The lowest BCUT2D eigenvalue weighted by Crippen LogP contribution is -2.30. The predicted molar refractivity (Wildman–Crippen MR) is 121 cm³/mol. The van der Waals surface area contributed by atoms with Crippen molar-refractivity contribution in [2.45, 2.75) is 104 Å². The van der Waals surface area contributed by atoms with Crippen LogP contribution in [0.4, 0.5) is 0 Å². The van der Waals surface area contributed by atoms with Crippen LogP contribution >= 0.6 is 0 Å². The zero-order chi connectivity index (χ0) is 21.5. The van der Waals surface area contributed by atoms with Crippen molar-refractivity contribution in [1.29, 1.82) is 0 Å². The van der Waals surface area contributed by atoms with Gasteiger partial charge >= 0.3 is 0 Å². The minimum Gasteiger partial charge on any atom is -0.504 e. The molecular weight excluding hydrogens is 362 g/mol. The fourth-order valence-corrected chi connectivity index (χ4v) is 3.86. The highest BCUT2D eigenvalue weighted by Crippen LogP contribution is 2.33. The van der Waals surface area contributed by atoms with Gasteiger partial charge in [0, 0.05) is 12.5 Å². The van der Waals surface area contributed by atoms with Crippen molar-refractivity contribution in [3.63, 3.8) is 0 Å². The Bertz CT molecular complexity index is 573. The van der Waals surface area contributed by atoms with Crippen molar-refractivity contribution in [2.24, 2.45) is 5.92 Å². The van der Waals surface area contributed by atoms with Gasteiger partial charge in [0.1, 0.15) is 0 Å². The molecule has 1 aromatic carbocycles. The van der Waals surface area contributed by atoms with Crippen LogP contribution in [0.2, 0.25) is 0 Å². The van der Waals surface area contributed by atoms with Crippen LogP contribution < -0.4 is 5.32 Å².